The van der Waals surface area contributed by atoms with Gasteiger partial charge in [0.1, 0.15) is 0 Å². The molecule has 1 unspecified atom stereocenters. The monoisotopic (exact) mass is 344 g/mol. The molecule has 4 heteroatoms. The second-order valence-electron chi connectivity index (χ2n) is 4.45. The zero-order valence-corrected chi connectivity index (χ0v) is 12.6. The first-order chi connectivity index (χ1) is 8.97. The molecule has 0 aliphatic rings. The Morgan fingerprint density at radius 2 is 1.84 bits per heavy atom. The molecule has 0 bridgehead atoms. The average Bonchev–Trinajstić information content (AvgIpc) is 2.33. The van der Waals surface area contributed by atoms with Gasteiger partial charge in [0.2, 0.25) is 0 Å². The van der Waals surface area contributed by atoms with Crippen LogP contribution in [0.1, 0.15) is 22.1 Å². The van der Waals surface area contributed by atoms with E-state index in [0.29, 0.717) is 12.0 Å². The van der Waals surface area contributed by atoms with Crippen LogP contribution in [0.5, 0.6) is 0 Å². The summed E-state index contributed by atoms with van der Waals surface area (Å²) in [5, 5.41) is -0.292. The second-order valence-corrected chi connectivity index (χ2v) is 5.83. The zero-order chi connectivity index (χ0) is 14.0. The van der Waals surface area contributed by atoms with Gasteiger partial charge in [-0.05, 0) is 48.2 Å². The molecule has 0 fully saturated rings. The molecule has 0 N–H and O–H groups in total. The van der Waals surface area contributed by atoms with Crippen molar-refractivity contribution >= 4 is 27.5 Å². The van der Waals surface area contributed by atoms with Gasteiger partial charge < -0.3 is 0 Å². The molecule has 0 aromatic heterocycles. The maximum absolute atomic E-state index is 13.1. The molecule has 0 saturated heterocycles. The van der Waals surface area contributed by atoms with Gasteiger partial charge in [0, 0.05) is 4.47 Å². The molecule has 19 heavy (non-hydrogen) atoms. The summed E-state index contributed by atoms with van der Waals surface area (Å²) in [5.41, 5.74) is 2.75. The molecule has 0 spiro atoms. The predicted octanol–water partition coefficient (Wildman–Crippen LogP) is 5.56. The minimum atomic E-state index is -0.843. The van der Waals surface area contributed by atoms with Crippen molar-refractivity contribution in [1.82, 2.24) is 0 Å². The standard InChI is InChI=1S/C15H12BrClF2/c1-9-2-4-11(12(16)6-9)13(17)7-10-3-5-14(18)15(19)8-10/h2-6,8,13H,7H2,1H3. The Morgan fingerprint density at radius 1 is 1.11 bits per heavy atom. The minimum Gasteiger partial charge on any atom is -0.204 e. The van der Waals surface area contributed by atoms with Gasteiger partial charge in [-0.25, -0.2) is 8.78 Å². The third-order valence-corrected chi connectivity index (χ3v) is 3.97. The number of rotatable bonds is 3. The van der Waals surface area contributed by atoms with Crippen LogP contribution in [0.4, 0.5) is 8.78 Å². The van der Waals surface area contributed by atoms with Gasteiger partial charge in [0.15, 0.2) is 11.6 Å². The van der Waals surface area contributed by atoms with Gasteiger partial charge >= 0.3 is 0 Å². The van der Waals surface area contributed by atoms with E-state index < -0.39 is 11.6 Å². The summed E-state index contributed by atoms with van der Waals surface area (Å²) in [4.78, 5) is 0. The van der Waals surface area contributed by atoms with Crippen molar-refractivity contribution < 1.29 is 8.78 Å². The Morgan fingerprint density at radius 3 is 2.47 bits per heavy atom. The largest absolute Gasteiger partial charge is 0.204 e. The number of halogens is 4. The highest BCUT2D eigenvalue weighted by Gasteiger charge is 2.13. The molecule has 0 heterocycles. The summed E-state index contributed by atoms with van der Waals surface area (Å²) in [6.45, 7) is 1.99. The van der Waals surface area contributed by atoms with Gasteiger partial charge in [-0.3, -0.25) is 0 Å². The molecule has 0 aliphatic heterocycles. The summed E-state index contributed by atoms with van der Waals surface area (Å²) in [6, 6.07) is 9.76. The molecule has 2 aromatic carbocycles. The predicted molar refractivity (Wildman–Crippen MR) is 77.5 cm³/mol. The van der Waals surface area contributed by atoms with E-state index in [9.17, 15) is 8.78 Å². The van der Waals surface area contributed by atoms with Crippen LogP contribution in [0.15, 0.2) is 40.9 Å². The van der Waals surface area contributed by atoms with E-state index in [4.69, 9.17) is 11.6 Å². The zero-order valence-electron chi connectivity index (χ0n) is 10.3. The molecule has 0 amide bonds. The van der Waals surface area contributed by atoms with E-state index in [1.165, 1.54) is 6.07 Å². The summed E-state index contributed by atoms with van der Waals surface area (Å²) >= 11 is 9.81. The number of benzene rings is 2. The van der Waals surface area contributed by atoms with E-state index in [2.05, 4.69) is 15.9 Å². The van der Waals surface area contributed by atoms with Crippen molar-refractivity contribution in [3.05, 3.63) is 69.2 Å². The molecule has 0 nitrogen and oxygen atoms in total. The third-order valence-electron chi connectivity index (χ3n) is 2.89. The van der Waals surface area contributed by atoms with Crippen LogP contribution in [0.3, 0.4) is 0 Å². The van der Waals surface area contributed by atoms with Gasteiger partial charge in [-0.2, -0.15) is 0 Å². The smallest absolute Gasteiger partial charge is 0.159 e. The van der Waals surface area contributed by atoms with Crippen LogP contribution in [0, 0.1) is 18.6 Å². The van der Waals surface area contributed by atoms with Crippen molar-refractivity contribution in [1.29, 1.82) is 0 Å². The molecule has 0 aliphatic carbocycles. The fraction of sp³-hybridized carbons (Fsp3) is 0.200. The molecule has 0 saturated carbocycles. The molecule has 2 rings (SSSR count). The Balaban J connectivity index is 2.20. The Kier molecular flexibility index (Phi) is 4.58. The normalized spacial score (nSPS) is 12.5. The molecule has 2 aromatic rings. The Hall–Kier alpha value is -0.930. The van der Waals surface area contributed by atoms with Crippen LogP contribution in [0.2, 0.25) is 0 Å². The van der Waals surface area contributed by atoms with Crippen molar-refractivity contribution in [3.8, 4) is 0 Å². The van der Waals surface area contributed by atoms with Crippen LogP contribution in [-0.4, -0.2) is 0 Å². The number of hydrogen-bond acceptors (Lipinski definition) is 0. The fourth-order valence-electron chi connectivity index (χ4n) is 1.87. The van der Waals surface area contributed by atoms with Gasteiger partial charge in [-0.15, -0.1) is 11.6 Å². The summed E-state index contributed by atoms with van der Waals surface area (Å²) < 4.78 is 26.9. The lowest BCUT2D eigenvalue weighted by molar-refractivity contribution is 0.507. The van der Waals surface area contributed by atoms with E-state index in [-0.39, 0.29) is 5.38 Å². The molecule has 1 atom stereocenters. The van der Waals surface area contributed by atoms with Gasteiger partial charge in [-0.1, -0.05) is 34.1 Å². The number of hydrogen-bond donors (Lipinski definition) is 0. The molecule has 0 radical (unpaired) electrons. The van der Waals surface area contributed by atoms with Crippen molar-refractivity contribution in [2.75, 3.05) is 0 Å². The highest BCUT2D eigenvalue weighted by Crippen LogP contribution is 2.31. The average molecular weight is 346 g/mol. The van der Waals surface area contributed by atoms with Crippen molar-refractivity contribution in [3.63, 3.8) is 0 Å². The lowest BCUT2D eigenvalue weighted by Gasteiger charge is -2.13. The quantitative estimate of drug-likeness (QED) is 0.639. The fourth-order valence-corrected chi connectivity index (χ4v) is 3.14. The molecule has 100 valence electrons. The first-order valence-electron chi connectivity index (χ1n) is 5.81. The molecular weight excluding hydrogens is 334 g/mol. The first-order valence-corrected chi connectivity index (χ1v) is 7.04. The van der Waals surface area contributed by atoms with Gasteiger partial charge in [0.25, 0.3) is 0 Å². The maximum atomic E-state index is 13.1. The minimum absolute atomic E-state index is 0.292. The Bertz CT molecular complexity index is 599. The van der Waals surface area contributed by atoms with E-state index in [1.807, 2.05) is 25.1 Å². The van der Waals surface area contributed by atoms with E-state index >= 15 is 0 Å². The van der Waals surface area contributed by atoms with Crippen LogP contribution >= 0.6 is 27.5 Å². The third kappa shape index (κ3) is 3.54. The SMILES string of the molecule is Cc1ccc(C(Cl)Cc2ccc(F)c(F)c2)c(Br)c1. The lowest BCUT2D eigenvalue weighted by atomic mass is 10.0. The summed E-state index contributed by atoms with van der Waals surface area (Å²) in [7, 11) is 0. The second kappa shape index (κ2) is 6.02. The van der Waals surface area contributed by atoms with Crippen molar-refractivity contribution in [2.45, 2.75) is 18.7 Å². The maximum Gasteiger partial charge on any atom is 0.159 e. The van der Waals surface area contributed by atoms with Gasteiger partial charge in [0.05, 0.1) is 5.38 Å². The van der Waals surface area contributed by atoms with Crippen LogP contribution < -0.4 is 0 Å². The topological polar surface area (TPSA) is 0 Å². The molecular formula is C15H12BrClF2. The number of aryl methyl sites for hydroxylation is 1. The van der Waals surface area contributed by atoms with Crippen molar-refractivity contribution in [2.24, 2.45) is 0 Å². The highest BCUT2D eigenvalue weighted by molar-refractivity contribution is 9.10. The first kappa shape index (κ1) is 14.5. The highest BCUT2D eigenvalue weighted by atomic mass is 79.9. The Labute approximate surface area is 124 Å². The van der Waals surface area contributed by atoms with Crippen LogP contribution in [0.25, 0.3) is 0 Å². The lowest BCUT2D eigenvalue weighted by Crippen LogP contribution is -1.98. The van der Waals surface area contributed by atoms with E-state index in [1.54, 1.807) is 6.07 Å². The number of alkyl halides is 1. The summed E-state index contributed by atoms with van der Waals surface area (Å²) in [5.74, 6) is -1.68. The van der Waals surface area contributed by atoms with E-state index in [0.717, 1.165) is 21.7 Å². The summed E-state index contributed by atoms with van der Waals surface area (Å²) in [6.07, 6.45) is 0.445. The van der Waals surface area contributed by atoms with Crippen LogP contribution in [-0.2, 0) is 6.42 Å².